The molecular weight excluding hydrogens is 352 g/mol. The first kappa shape index (κ1) is 20.0. The Kier molecular flexibility index (Phi) is 6.59. The fourth-order valence-electron chi connectivity index (χ4n) is 2.57. The molecule has 0 aromatic heterocycles. The summed E-state index contributed by atoms with van der Waals surface area (Å²) >= 11 is 0. The van der Waals surface area contributed by atoms with Crippen LogP contribution in [0.1, 0.15) is 24.1 Å². The number of rotatable bonds is 8. The predicted molar refractivity (Wildman–Crippen MR) is 99.4 cm³/mol. The summed E-state index contributed by atoms with van der Waals surface area (Å²) in [6, 6.07) is 9.41. The predicted octanol–water partition coefficient (Wildman–Crippen LogP) is 3.18. The lowest BCUT2D eigenvalue weighted by atomic mass is 10.1. The summed E-state index contributed by atoms with van der Waals surface area (Å²) in [6.45, 7) is 3.24. The molecule has 1 atom stereocenters. The number of nitro groups is 1. The zero-order valence-electron chi connectivity index (χ0n) is 15.6. The SMILES string of the molecule is COc1ccc(OC)c(C(C)NC(=O)COc2cc(C)ccc2[N+](=O)[O-])c1. The molecule has 2 aromatic carbocycles. The van der Waals surface area contributed by atoms with Crippen LogP contribution in [-0.4, -0.2) is 31.7 Å². The van der Waals surface area contributed by atoms with Crippen LogP contribution in [0.15, 0.2) is 36.4 Å². The topological polar surface area (TPSA) is 99.9 Å². The van der Waals surface area contributed by atoms with Crippen LogP contribution >= 0.6 is 0 Å². The Balaban J connectivity index is 2.06. The average molecular weight is 374 g/mol. The van der Waals surface area contributed by atoms with Crippen LogP contribution in [-0.2, 0) is 4.79 Å². The van der Waals surface area contributed by atoms with Crippen LogP contribution in [0.5, 0.6) is 17.2 Å². The van der Waals surface area contributed by atoms with Gasteiger partial charge in [0.05, 0.1) is 25.2 Å². The van der Waals surface area contributed by atoms with Crippen molar-refractivity contribution < 1.29 is 23.9 Å². The van der Waals surface area contributed by atoms with Gasteiger partial charge in [0, 0.05) is 11.6 Å². The van der Waals surface area contributed by atoms with Gasteiger partial charge in [-0.1, -0.05) is 6.07 Å². The molecule has 0 aliphatic rings. The van der Waals surface area contributed by atoms with Gasteiger partial charge in [-0.25, -0.2) is 0 Å². The molecule has 144 valence electrons. The molecule has 2 aromatic rings. The molecule has 0 heterocycles. The number of methoxy groups -OCH3 is 2. The van der Waals surface area contributed by atoms with Crippen molar-refractivity contribution in [2.75, 3.05) is 20.8 Å². The first-order valence-electron chi connectivity index (χ1n) is 8.24. The van der Waals surface area contributed by atoms with Crippen molar-refractivity contribution in [3.05, 3.63) is 57.6 Å². The molecule has 0 fully saturated rings. The molecule has 0 spiro atoms. The van der Waals surface area contributed by atoms with Crippen LogP contribution in [0.25, 0.3) is 0 Å². The molecule has 8 nitrogen and oxygen atoms in total. The number of nitro benzene ring substituents is 1. The van der Waals surface area contributed by atoms with Crippen molar-refractivity contribution in [1.29, 1.82) is 0 Å². The Morgan fingerprint density at radius 1 is 1.15 bits per heavy atom. The van der Waals surface area contributed by atoms with Crippen molar-refractivity contribution in [1.82, 2.24) is 5.32 Å². The van der Waals surface area contributed by atoms with E-state index in [2.05, 4.69) is 5.32 Å². The molecule has 0 saturated carbocycles. The van der Waals surface area contributed by atoms with Crippen molar-refractivity contribution in [3.63, 3.8) is 0 Å². The van der Waals surface area contributed by atoms with E-state index in [0.717, 1.165) is 11.1 Å². The van der Waals surface area contributed by atoms with Crippen LogP contribution in [0.4, 0.5) is 5.69 Å². The van der Waals surface area contributed by atoms with Gasteiger partial charge in [-0.15, -0.1) is 0 Å². The number of benzene rings is 2. The molecule has 0 aliphatic heterocycles. The molecule has 27 heavy (non-hydrogen) atoms. The Morgan fingerprint density at radius 2 is 1.89 bits per heavy atom. The highest BCUT2D eigenvalue weighted by atomic mass is 16.6. The van der Waals surface area contributed by atoms with Crippen LogP contribution in [0, 0.1) is 17.0 Å². The minimum Gasteiger partial charge on any atom is -0.497 e. The summed E-state index contributed by atoms with van der Waals surface area (Å²) in [4.78, 5) is 22.8. The third-order valence-corrected chi connectivity index (χ3v) is 3.95. The van der Waals surface area contributed by atoms with Crippen molar-refractivity contribution in [3.8, 4) is 17.2 Å². The number of nitrogens with zero attached hydrogens (tertiary/aromatic N) is 1. The number of ether oxygens (including phenoxy) is 3. The molecule has 0 aliphatic carbocycles. The largest absolute Gasteiger partial charge is 0.497 e. The van der Waals surface area contributed by atoms with Crippen molar-refractivity contribution in [2.24, 2.45) is 0 Å². The fourth-order valence-corrected chi connectivity index (χ4v) is 2.57. The third kappa shape index (κ3) is 5.10. The first-order chi connectivity index (χ1) is 12.8. The van der Waals surface area contributed by atoms with E-state index in [9.17, 15) is 14.9 Å². The van der Waals surface area contributed by atoms with E-state index < -0.39 is 10.8 Å². The van der Waals surface area contributed by atoms with Gasteiger partial charge in [-0.05, 0) is 43.7 Å². The number of nitrogens with one attached hydrogen (secondary N) is 1. The standard InChI is InChI=1S/C19H22N2O6/c1-12-5-7-16(21(23)24)18(9-12)27-11-19(22)20-13(2)15-10-14(25-3)6-8-17(15)26-4/h5-10,13H,11H2,1-4H3,(H,20,22). The molecule has 0 saturated heterocycles. The first-order valence-corrected chi connectivity index (χ1v) is 8.24. The summed E-state index contributed by atoms with van der Waals surface area (Å²) < 4.78 is 15.9. The highest BCUT2D eigenvalue weighted by Gasteiger charge is 2.18. The zero-order chi connectivity index (χ0) is 20.0. The number of hydrogen-bond acceptors (Lipinski definition) is 6. The van der Waals surface area contributed by atoms with Crippen molar-refractivity contribution in [2.45, 2.75) is 19.9 Å². The second kappa shape index (κ2) is 8.88. The highest BCUT2D eigenvalue weighted by Crippen LogP contribution is 2.30. The number of carbonyl (C=O) groups excluding carboxylic acids is 1. The molecule has 1 unspecified atom stereocenters. The molecule has 1 amide bonds. The normalized spacial score (nSPS) is 11.4. The van der Waals surface area contributed by atoms with E-state index in [0.29, 0.717) is 11.5 Å². The van der Waals surface area contributed by atoms with Crippen LogP contribution in [0.3, 0.4) is 0 Å². The molecule has 1 N–H and O–H groups in total. The Morgan fingerprint density at radius 3 is 2.52 bits per heavy atom. The minimum absolute atomic E-state index is 0.0572. The maximum Gasteiger partial charge on any atom is 0.310 e. The van der Waals surface area contributed by atoms with E-state index in [1.807, 2.05) is 0 Å². The Labute approximate surface area is 157 Å². The number of hydrogen-bond donors (Lipinski definition) is 1. The Bertz CT molecular complexity index is 837. The van der Waals surface area contributed by atoms with Gasteiger partial charge in [0.1, 0.15) is 11.5 Å². The summed E-state index contributed by atoms with van der Waals surface area (Å²) in [6.07, 6.45) is 0. The van der Waals surface area contributed by atoms with E-state index >= 15 is 0 Å². The van der Waals surface area contributed by atoms with Crippen LogP contribution in [0.2, 0.25) is 0 Å². The maximum atomic E-state index is 12.2. The van der Waals surface area contributed by atoms with Crippen molar-refractivity contribution >= 4 is 11.6 Å². The zero-order valence-corrected chi connectivity index (χ0v) is 15.6. The minimum atomic E-state index is -0.545. The van der Waals surface area contributed by atoms with E-state index in [4.69, 9.17) is 14.2 Å². The van der Waals surface area contributed by atoms with Gasteiger partial charge < -0.3 is 19.5 Å². The van der Waals surface area contributed by atoms with E-state index in [1.165, 1.54) is 12.1 Å². The molecule has 8 heteroatoms. The van der Waals surface area contributed by atoms with Gasteiger partial charge in [0.15, 0.2) is 12.4 Å². The average Bonchev–Trinajstić information content (AvgIpc) is 2.65. The molecular formula is C19H22N2O6. The summed E-state index contributed by atoms with van der Waals surface area (Å²) in [5.74, 6) is 0.891. The van der Waals surface area contributed by atoms with Gasteiger partial charge in [-0.3, -0.25) is 14.9 Å². The van der Waals surface area contributed by atoms with Gasteiger partial charge >= 0.3 is 5.69 Å². The Hall–Kier alpha value is -3.29. The molecule has 0 bridgehead atoms. The quantitative estimate of drug-likeness (QED) is 0.563. The van der Waals surface area contributed by atoms with E-state index in [1.54, 1.807) is 52.3 Å². The summed E-state index contributed by atoms with van der Waals surface area (Å²) in [7, 11) is 3.09. The second-order valence-electron chi connectivity index (χ2n) is 5.91. The lowest BCUT2D eigenvalue weighted by molar-refractivity contribution is -0.385. The van der Waals surface area contributed by atoms with Crippen LogP contribution < -0.4 is 19.5 Å². The lowest BCUT2D eigenvalue weighted by Crippen LogP contribution is -2.31. The second-order valence-corrected chi connectivity index (χ2v) is 5.91. The summed E-state index contributed by atoms with van der Waals surface area (Å²) in [5, 5.41) is 13.9. The van der Waals surface area contributed by atoms with Gasteiger partial charge in [0.2, 0.25) is 0 Å². The summed E-state index contributed by atoms with van der Waals surface area (Å²) in [5.41, 5.74) is 1.35. The smallest absolute Gasteiger partial charge is 0.310 e. The fraction of sp³-hybridized carbons (Fsp3) is 0.316. The molecule has 2 rings (SSSR count). The highest BCUT2D eigenvalue weighted by molar-refractivity contribution is 5.78. The number of aryl methyl sites for hydroxylation is 1. The maximum absolute atomic E-state index is 12.2. The molecule has 0 radical (unpaired) electrons. The number of carbonyl (C=O) groups is 1. The lowest BCUT2D eigenvalue weighted by Gasteiger charge is -2.18. The van der Waals surface area contributed by atoms with Gasteiger partial charge in [0.25, 0.3) is 5.91 Å². The monoisotopic (exact) mass is 374 g/mol. The van der Waals surface area contributed by atoms with E-state index in [-0.39, 0.29) is 24.1 Å². The number of amides is 1. The third-order valence-electron chi connectivity index (χ3n) is 3.95. The van der Waals surface area contributed by atoms with Gasteiger partial charge in [-0.2, -0.15) is 0 Å².